The molecule has 5 rings (SSSR count). The second kappa shape index (κ2) is 6.98. The Morgan fingerprint density at radius 1 is 1.07 bits per heavy atom. The fraction of sp³-hybridized carbons (Fsp3) is 0.409. The van der Waals surface area contributed by atoms with Crippen molar-refractivity contribution in [1.82, 2.24) is 0 Å². The second-order valence-corrected chi connectivity index (χ2v) is 7.63. The molecule has 0 spiro atoms. The van der Waals surface area contributed by atoms with Gasteiger partial charge in [-0.25, -0.2) is 4.79 Å². The topological polar surface area (TPSA) is 76.9 Å². The Balaban J connectivity index is 1.69. The van der Waals surface area contributed by atoms with Crippen molar-refractivity contribution in [2.45, 2.75) is 18.6 Å². The van der Waals surface area contributed by atoms with Gasteiger partial charge in [-0.05, 0) is 17.7 Å². The van der Waals surface area contributed by atoms with Gasteiger partial charge in [-0.15, -0.1) is 0 Å². The largest absolute Gasteiger partial charge is 0.493 e. The highest BCUT2D eigenvalue weighted by atomic mass is 16.7. The average Bonchev–Trinajstić information content (AvgIpc) is 3.35. The van der Waals surface area contributed by atoms with Crippen LogP contribution >= 0.6 is 0 Å². The van der Waals surface area contributed by atoms with E-state index in [4.69, 9.17) is 28.4 Å². The van der Waals surface area contributed by atoms with Crippen LogP contribution in [0.4, 0.5) is 0 Å². The minimum absolute atomic E-state index is 0.165. The normalized spacial score (nSPS) is 23.5. The minimum atomic E-state index is -0.486. The Hall–Kier alpha value is -3.13. The number of likely N-dealkylation sites (N-methyl/N-ethyl adjacent to an activating group) is 1. The fourth-order valence-corrected chi connectivity index (χ4v) is 4.85. The van der Waals surface area contributed by atoms with Gasteiger partial charge in [0.25, 0.3) is 0 Å². The lowest BCUT2D eigenvalue weighted by Crippen LogP contribution is -3.11. The molecule has 3 atom stereocenters. The van der Waals surface area contributed by atoms with Crippen LogP contribution in [0, 0.1) is 0 Å². The van der Waals surface area contributed by atoms with Crippen LogP contribution in [0.2, 0.25) is 0 Å². The monoisotopic (exact) mass is 414 g/mol. The van der Waals surface area contributed by atoms with Crippen molar-refractivity contribution in [3.05, 3.63) is 40.5 Å². The quantitative estimate of drug-likeness (QED) is 0.759. The molecule has 2 aromatic carbocycles. The summed E-state index contributed by atoms with van der Waals surface area (Å²) < 4.78 is 33.9. The average molecular weight is 414 g/mol. The molecule has 3 aliphatic heterocycles. The molecular weight excluding hydrogens is 390 g/mol. The lowest BCUT2D eigenvalue weighted by molar-refractivity contribution is -0.919. The summed E-state index contributed by atoms with van der Waals surface area (Å²) in [6.07, 6.45) is 0.380. The molecule has 30 heavy (non-hydrogen) atoms. The number of benzene rings is 2. The van der Waals surface area contributed by atoms with Crippen molar-refractivity contribution >= 4 is 5.97 Å². The van der Waals surface area contributed by atoms with Gasteiger partial charge in [0.05, 0.1) is 40.5 Å². The number of esters is 1. The third-order valence-corrected chi connectivity index (χ3v) is 6.20. The molecule has 0 aliphatic carbocycles. The van der Waals surface area contributed by atoms with E-state index in [-0.39, 0.29) is 12.8 Å². The second-order valence-electron chi connectivity index (χ2n) is 7.63. The molecule has 0 fully saturated rings. The molecular formula is C22H24NO7+. The fourth-order valence-electron chi connectivity index (χ4n) is 4.85. The lowest BCUT2D eigenvalue weighted by atomic mass is 9.85. The van der Waals surface area contributed by atoms with Crippen LogP contribution in [0.15, 0.2) is 18.2 Å². The van der Waals surface area contributed by atoms with E-state index in [0.29, 0.717) is 34.3 Å². The summed E-state index contributed by atoms with van der Waals surface area (Å²) in [5.41, 5.74) is 3.32. The molecule has 0 aromatic heterocycles. The number of nitrogens with one attached hydrogen (secondary N) is 1. The van der Waals surface area contributed by atoms with Crippen LogP contribution in [-0.4, -0.2) is 47.7 Å². The summed E-state index contributed by atoms with van der Waals surface area (Å²) >= 11 is 0. The van der Waals surface area contributed by atoms with Gasteiger partial charge in [0.15, 0.2) is 35.1 Å². The van der Waals surface area contributed by atoms with E-state index in [9.17, 15) is 4.79 Å². The predicted octanol–water partition coefficient (Wildman–Crippen LogP) is 1.46. The Morgan fingerprint density at radius 3 is 2.60 bits per heavy atom. The molecule has 0 saturated heterocycles. The minimum Gasteiger partial charge on any atom is -0.493 e. The first-order chi connectivity index (χ1) is 14.6. The van der Waals surface area contributed by atoms with Gasteiger partial charge in [0.1, 0.15) is 5.56 Å². The van der Waals surface area contributed by atoms with Crippen LogP contribution in [-0.2, 0) is 11.2 Å². The van der Waals surface area contributed by atoms with Gasteiger partial charge in [-0.1, -0.05) is 6.07 Å². The number of rotatable bonds is 4. The number of hydrogen-bond acceptors (Lipinski definition) is 7. The standard InChI is InChI=1S/C22H23NO7/c1-23-8-7-11-9-14-20(29-10-28-14)21(27-4)15(11)17(23)18-12-5-6-13(25-2)19(26-3)16(12)22(24)30-18/h5-6,9,17-18H,7-8,10H2,1-4H3/p+1/t17-,18-/m0/s1. The summed E-state index contributed by atoms with van der Waals surface area (Å²) in [5, 5.41) is 0. The zero-order valence-corrected chi connectivity index (χ0v) is 17.4. The zero-order chi connectivity index (χ0) is 21.0. The van der Waals surface area contributed by atoms with Crippen molar-refractivity contribution in [3.8, 4) is 28.7 Å². The first-order valence-electron chi connectivity index (χ1n) is 9.86. The van der Waals surface area contributed by atoms with E-state index in [1.165, 1.54) is 12.0 Å². The maximum absolute atomic E-state index is 12.9. The maximum atomic E-state index is 12.9. The summed E-state index contributed by atoms with van der Waals surface area (Å²) in [7, 11) is 6.80. The Labute approximate surface area is 174 Å². The van der Waals surface area contributed by atoms with Gasteiger partial charge in [0.2, 0.25) is 12.5 Å². The Kier molecular flexibility index (Phi) is 4.39. The van der Waals surface area contributed by atoms with Crippen molar-refractivity contribution in [1.29, 1.82) is 0 Å². The summed E-state index contributed by atoms with van der Waals surface area (Å²) in [4.78, 5) is 14.1. The number of quaternary nitrogens is 1. The maximum Gasteiger partial charge on any atom is 0.343 e. The summed E-state index contributed by atoms with van der Waals surface area (Å²) in [6, 6.07) is 5.54. The van der Waals surface area contributed by atoms with E-state index < -0.39 is 12.1 Å². The van der Waals surface area contributed by atoms with Gasteiger partial charge in [0, 0.05) is 12.0 Å². The number of hydrogen-bond donors (Lipinski definition) is 1. The highest BCUT2D eigenvalue weighted by Gasteiger charge is 2.48. The Morgan fingerprint density at radius 2 is 1.87 bits per heavy atom. The number of ether oxygens (including phenoxy) is 6. The van der Waals surface area contributed by atoms with Crippen molar-refractivity contribution in [3.63, 3.8) is 0 Å². The van der Waals surface area contributed by atoms with Crippen molar-refractivity contribution in [2.75, 3.05) is 41.7 Å². The Bertz CT molecular complexity index is 1030. The molecule has 8 heteroatoms. The molecule has 1 N–H and O–H groups in total. The third-order valence-electron chi connectivity index (χ3n) is 6.20. The van der Waals surface area contributed by atoms with E-state index in [0.717, 1.165) is 29.7 Å². The molecule has 0 amide bonds. The molecule has 2 aromatic rings. The SMILES string of the molecule is COc1ccc2c(c1OC)C(=O)O[C@@H]2[C@@H]1c2c(cc3c(c2OC)OCO3)CC[NH+]1C. The molecule has 1 unspecified atom stereocenters. The lowest BCUT2D eigenvalue weighted by Gasteiger charge is -2.35. The summed E-state index contributed by atoms with van der Waals surface area (Å²) in [5.74, 6) is 2.43. The molecule has 0 saturated carbocycles. The van der Waals surface area contributed by atoms with E-state index >= 15 is 0 Å². The number of fused-ring (bicyclic) bond motifs is 3. The first-order valence-corrected chi connectivity index (χ1v) is 9.86. The number of carbonyl (C=O) groups excluding carboxylic acids is 1. The van der Waals surface area contributed by atoms with Crippen molar-refractivity contribution < 1.29 is 38.1 Å². The van der Waals surface area contributed by atoms with E-state index in [1.54, 1.807) is 14.2 Å². The third kappa shape index (κ3) is 2.53. The van der Waals surface area contributed by atoms with Crippen LogP contribution in [0.5, 0.6) is 28.7 Å². The molecule has 3 heterocycles. The van der Waals surface area contributed by atoms with Crippen LogP contribution in [0.1, 0.15) is 39.2 Å². The zero-order valence-electron chi connectivity index (χ0n) is 17.4. The van der Waals surface area contributed by atoms with Gasteiger partial charge >= 0.3 is 5.97 Å². The van der Waals surface area contributed by atoms with E-state index in [1.807, 2.05) is 18.2 Å². The van der Waals surface area contributed by atoms with Crippen LogP contribution in [0.25, 0.3) is 0 Å². The van der Waals surface area contributed by atoms with Crippen LogP contribution in [0.3, 0.4) is 0 Å². The summed E-state index contributed by atoms with van der Waals surface area (Å²) in [6.45, 7) is 1.05. The number of carbonyl (C=O) groups is 1. The smallest absolute Gasteiger partial charge is 0.343 e. The van der Waals surface area contributed by atoms with Crippen molar-refractivity contribution in [2.24, 2.45) is 0 Å². The number of methoxy groups -OCH3 is 3. The first kappa shape index (κ1) is 18.9. The predicted molar refractivity (Wildman–Crippen MR) is 105 cm³/mol. The highest BCUT2D eigenvalue weighted by Crippen LogP contribution is 2.52. The van der Waals surface area contributed by atoms with Gasteiger partial charge in [-0.2, -0.15) is 0 Å². The molecule has 0 radical (unpaired) electrons. The molecule has 0 bridgehead atoms. The molecule has 8 nitrogen and oxygen atoms in total. The van der Waals surface area contributed by atoms with Gasteiger partial charge < -0.3 is 33.3 Å². The van der Waals surface area contributed by atoms with Crippen LogP contribution < -0.4 is 28.6 Å². The molecule has 3 aliphatic rings. The molecule has 158 valence electrons. The highest BCUT2D eigenvalue weighted by molar-refractivity contribution is 5.98. The van der Waals surface area contributed by atoms with Gasteiger partial charge in [-0.3, -0.25) is 0 Å². The number of cyclic esters (lactones) is 1. The van der Waals surface area contributed by atoms with E-state index in [2.05, 4.69) is 7.05 Å².